The van der Waals surface area contributed by atoms with Gasteiger partial charge in [-0.3, -0.25) is 4.79 Å². The van der Waals surface area contributed by atoms with Gasteiger partial charge in [0.2, 0.25) is 0 Å². The predicted molar refractivity (Wildman–Crippen MR) is 79.0 cm³/mol. The smallest absolute Gasteiger partial charge is 0.250 e. The number of nitrogen functional groups attached to an aromatic ring is 1. The summed E-state index contributed by atoms with van der Waals surface area (Å²) in [5.74, 6) is -1.09. The molecule has 0 aliphatic heterocycles. The summed E-state index contributed by atoms with van der Waals surface area (Å²) in [5.41, 5.74) is 11.6. The minimum absolute atomic E-state index is 0.0736. The normalized spacial score (nSPS) is 21.4. The summed E-state index contributed by atoms with van der Waals surface area (Å²) in [6.07, 6.45) is 4.27. The molecule has 1 fully saturated rings. The van der Waals surface area contributed by atoms with Gasteiger partial charge in [-0.25, -0.2) is 4.39 Å². The molecule has 0 aromatic heterocycles. The summed E-state index contributed by atoms with van der Waals surface area (Å²) in [5, 5.41) is 3.19. The highest BCUT2D eigenvalue weighted by Gasteiger charge is 2.28. The van der Waals surface area contributed by atoms with Crippen molar-refractivity contribution in [1.29, 1.82) is 0 Å². The van der Waals surface area contributed by atoms with Crippen molar-refractivity contribution in [1.82, 2.24) is 0 Å². The zero-order valence-corrected chi connectivity index (χ0v) is 12.0. The number of carbonyl (C=O) groups excluding carboxylic acids is 1. The van der Waals surface area contributed by atoms with E-state index in [0.717, 1.165) is 25.3 Å². The Labute approximate surface area is 118 Å². The first-order valence-electron chi connectivity index (χ1n) is 6.94. The number of rotatable bonds is 3. The Balaban J connectivity index is 2.21. The molecule has 110 valence electrons. The molecule has 20 heavy (non-hydrogen) atoms. The number of hydrogen-bond acceptors (Lipinski definition) is 3. The third-order valence-electron chi connectivity index (χ3n) is 3.97. The molecule has 4 nitrogen and oxygen atoms in total. The molecule has 0 radical (unpaired) electrons. The van der Waals surface area contributed by atoms with E-state index in [-0.39, 0.29) is 22.7 Å². The van der Waals surface area contributed by atoms with Crippen molar-refractivity contribution in [3.8, 4) is 0 Å². The van der Waals surface area contributed by atoms with Crippen molar-refractivity contribution in [2.24, 2.45) is 11.1 Å². The van der Waals surface area contributed by atoms with Crippen LogP contribution in [-0.4, -0.2) is 11.9 Å². The first-order valence-corrected chi connectivity index (χ1v) is 6.94. The Kier molecular flexibility index (Phi) is 3.88. The summed E-state index contributed by atoms with van der Waals surface area (Å²) < 4.78 is 13.9. The summed E-state index contributed by atoms with van der Waals surface area (Å²) in [4.78, 5) is 11.3. The van der Waals surface area contributed by atoms with Crippen LogP contribution in [0.4, 0.5) is 15.8 Å². The monoisotopic (exact) mass is 279 g/mol. The van der Waals surface area contributed by atoms with E-state index >= 15 is 0 Å². The molecule has 1 aromatic carbocycles. The fraction of sp³-hybridized carbons (Fsp3) is 0.533. The topological polar surface area (TPSA) is 81.1 Å². The second-order valence-corrected chi connectivity index (χ2v) is 6.39. The number of carbonyl (C=O) groups is 1. The zero-order valence-electron chi connectivity index (χ0n) is 12.0. The van der Waals surface area contributed by atoms with Gasteiger partial charge in [-0.1, -0.05) is 20.3 Å². The number of amides is 1. The van der Waals surface area contributed by atoms with Gasteiger partial charge in [0.15, 0.2) is 0 Å². The summed E-state index contributed by atoms with van der Waals surface area (Å²) in [6, 6.07) is 2.77. The van der Waals surface area contributed by atoms with Crippen molar-refractivity contribution in [3.05, 3.63) is 23.5 Å². The second-order valence-electron chi connectivity index (χ2n) is 6.39. The fourth-order valence-electron chi connectivity index (χ4n) is 2.95. The molecule has 5 N–H and O–H groups in total. The Bertz CT molecular complexity index is 528. The van der Waals surface area contributed by atoms with E-state index in [2.05, 4.69) is 19.2 Å². The van der Waals surface area contributed by atoms with Crippen LogP contribution >= 0.6 is 0 Å². The number of nitrogens with one attached hydrogen (secondary N) is 1. The average Bonchev–Trinajstić information content (AvgIpc) is 2.31. The van der Waals surface area contributed by atoms with Crippen LogP contribution in [0.3, 0.4) is 0 Å². The molecule has 0 heterocycles. The van der Waals surface area contributed by atoms with E-state index in [1.54, 1.807) is 0 Å². The fourth-order valence-corrected chi connectivity index (χ4v) is 2.95. The largest absolute Gasteiger partial charge is 0.398 e. The van der Waals surface area contributed by atoms with E-state index in [9.17, 15) is 9.18 Å². The highest BCUT2D eigenvalue weighted by atomic mass is 19.1. The minimum Gasteiger partial charge on any atom is -0.398 e. The SMILES string of the molecule is CC1(C)CCCC(Nc2cc(C(N)=O)c(N)cc2F)C1. The van der Waals surface area contributed by atoms with E-state index in [1.165, 1.54) is 12.5 Å². The number of nitrogens with two attached hydrogens (primary N) is 2. The first kappa shape index (κ1) is 14.6. The molecular weight excluding hydrogens is 257 g/mol. The van der Waals surface area contributed by atoms with E-state index < -0.39 is 11.7 Å². The van der Waals surface area contributed by atoms with Crippen molar-refractivity contribution in [2.45, 2.75) is 45.6 Å². The summed E-state index contributed by atoms with van der Waals surface area (Å²) >= 11 is 0. The lowest BCUT2D eigenvalue weighted by Crippen LogP contribution is -2.32. The molecule has 0 spiro atoms. The van der Waals surface area contributed by atoms with Gasteiger partial charge in [0.05, 0.1) is 11.3 Å². The summed E-state index contributed by atoms with van der Waals surface area (Å²) in [6.45, 7) is 4.43. The number of halogens is 1. The van der Waals surface area contributed by atoms with E-state index in [0.29, 0.717) is 5.69 Å². The van der Waals surface area contributed by atoms with Gasteiger partial charge in [-0.05, 0) is 36.8 Å². The Morgan fingerprint density at radius 2 is 2.15 bits per heavy atom. The Morgan fingerprint density at radius 3 is 2.75 bits per heavy atom. The second kappa shape index (κ2) is 5.31. The molecule has 1 aromatic rings. The van der Waals surface area contributed by atoms with Crippen LogP contribution in [-0.2, 0) is 0 Å². The van der Waals surface area contributed by atoms with Crippen molar-refractivity contribution in [2.75, 3.05) is 11.1 Å². The maximum Gasteiger partial charge on any atom is 0.250 e. The minimum atomic E-state index is -0.644. The molecule has 1 saturated carbocycles. The van der Waals surface area contributed by atoms with Gasteiger partial charge in [0, 0.05) is 11.7 Å². The maximum atomic E-state index is 13.9. The molecule has 1 amide bonds. The van der Waals surface area contributed by atoms with Crippen LogP contribution in [0, 0.1) is 11.2 Å². The van der Waals surface area contributed by atoms with Crippen molar-refractivity contribution >= 4 is 17.3 Å². The lowest BCUT2D eigenvalue weighted by Gasteiger charge is -2.36. The number of anilines is 2. The lowest BCUT2D eigenvalue weighted by molar-refractivity contribution is 0.100. The third kappa shape index (κ3) is 3.21. The van der Waals surface area contributed by atoms with Gasteiger partial charge >= 0.3 is 0 Å². The molecule has 1 aliphatic rings. The standard InChI is InChI=1S/C15H22FN3O/c1-15(2)5-3-4-9(8-15)19-13-6-10(14(18)20)12(17)7-11(13)16/h6-7,9,19H,3-5,8,17H2,1-2H3,(H2,18,20). The molecule has 2 rings (SSSR count). The lowest BCUT2D eigenvalue weighted by atomic mass is 9.75. The van der Waals surface area contributed by atoms with Gasteiger partial charge in [-0.15, -0.1) is 0 Å². The van der Waals surface area contributed by atoms with Crippen LogP contribution in [0.2, 0.25) is 0 Å². The number of hydrogen-bond donors (Lipinski definition) is 3. The molecule has 0 saturated heterocycles. The van der Waals surface area contributed by atoms with Crippen LogP contribution in [0.1, 0.15) is 49.9 Å². The molecule has 1 atom stereocenters. The van der Waals surface area contributed by atoms with Crippen LogP contribution < -0.4 is 16.8 Å². The van der Waals surface area contributed by atoms with Gasteiger partial charge in [0.1, 0.15) is 5.82 Å². The maximum absolute atomic E-state index is 13.9. The Morgan fingerprint density at radius 1 is 1.45 bits per heavy atom. The molecule has 5 heteroatoms. The third-order valence-corrected chi connectivity index (χ3v) is 3.97. The zero-order chi connectivity index (χ0) is 14.9. The quantitative estimate of drug-likeness (QED) is 0.744. The van der Waals surface area contributed by atoms with Gasteiger partial charge < -0.3 is 16.8 Å². The average molecular weight is 279 g/mol. The van der Waals surface area contributed by atoms with Gasteiger partial charge in [0.25, 0.3) is 5.91 Å². The molecule has 1 aliphatic carbocycles. The van der Waals surface area contributed by atoms with E-state index in [4.69, 9.17) is 11.5 Å². The van der Waals surface area contributed by atoms with Crippen LogP contribution in [0.5, 0.6) is 0 Å². The van der Waals surface area contributed by atoms with Crippen LogP contribution in [0.15, 0.2) is 12.1 Å². The molecular formula is C15H22FN3O. The van der Waals surface area contributed by atoms with E-state index in [1.807, 2.05) is 0 Å². The highest BCUT2D eigenvalue weighted by Crippen LogP contribution is 2.36. The number of benzene rings is 1. The predicted octanol–water partition coefficient (Wildman–Crippen LogP) is 2.89. The van der Waals surface area contributed by atoms with Crippen molar-refractivity contribution in [3.63, 3.8) is 0 Å². The first-order chi connectivity index (χ1) is 9.28. The molecule has 0 bridgehead atoms. The van der Waals surface area contributed by atoms with Crippen LogP contribution in [0.25, 0.3) is 0 Å². The Hall–Kier alpha value is -1.78. The van der Waals surface area contributed by atoms with Gasteiger partial charge in [-0.2, -0.15) is 0 Å². The number of primary amides is 1. The molecule has 1 unspecified atom stereocenters. The summed E-state index contributed by atoms with van der Waals surface area (Å²) in [7, 11) is 0. The highest BCUT2D eigenvalue weighted by molar-refractivity contribution is 5.99. The van der Waals surface area contributed by atoms with Crippen molar-refractivity contribution < 1.29 is 9.18 Å².